The van der Waals surface area contributed by atoms with E-state index in [0.29, 0.717) is 23.9 Å². The largest absolute Gasteiger partial charge is 0.296 e. The number of nitrogens with zero attached hydrogens (tertiary/aromatic N) is 2. The summed E-state index contributed by atoms with van der Waals surface area (Å²) in [6.45, 7) is 9.20. The molecule has 0 N–H and O–H groups in total. The van der Waals surface area contributed by atoms with E-state index in [4.69, 9.17) is 0 Å². The maximum Gasteiger partial charge on any atom is 0.0738 e. The number of unbranched alkanes of at least 4 members (excludes halogenated alkanes) is 2. The molecule has 0 spiro atoms. The Morgan fingerprint density at radius 3 is 1.17 bits per heavy atom. The lowest BCUT2D eigenvalue weighted by atomic mass is 9.88. The molecule has 142 valence electrons. The van der Waals surface area contributed by atoms with Gasteiger partial charge in [0.25, 0.3) is 0 Å². The summed E-state index contributed by atoms with van der Waals surface area (Å²) >= 11 is 0. The molecule has 0 saturated heterocycles. The summed E-state index contributed by atoms with van der Waals surface area (Å²) in [4.78, 5) is 4.66. The van der Waals surface area contributed by atoms with Crippen molar-refractivity contribution in [1.82, 2.24) is 9.80 Å². The van der Waals surface area contributed by atoms with Crippen LogP contribution in [0.25, 0.3) is 0 Å². The minimum Gasteiger partial charge on any atom is -0.296 e. The van der Waals surface area contributed by atoms with Gasteiger partial charge in [0, 0.05) is 0 Å². The van der Waals surface area contributed by atoms with Crippen LogP contribution in [-0.4, -0.2) is 50.1 Å². The minimum absolute atomic E-state index is 0.382. The van der Waals surface area contributed by atoms with E-state index in [1.54, 1.807) is 0 Å². The van der Waals surface area contributed by atoms with Crippen molar-refractivity contribution < 1.29 is 0 Å². The molecule has 0 fully saturated rings. The van der Waals surface area contributed by atoms with Gasteiger partial charge in [-0.3, -0.25) is 9.80 Å². The summed E-state index contributed by atoms with van der Waals surface area (Å²) in [5, 5.41) is 0. The quantitative estimate of drug-likeness (QED) is 0.447. The Morgan fingerprint density at radius 2 is 0.958 bits per heavy atom. The highest BCUT2D eigenvalue weighted by Gasteiger charge is 2.22. The van der Waals surface area contributed by atoms with Crippen LogP contribution in [0.3, 0.4) is 0 Å². The Labute approximate surface area is 153 Å². The van der Waals surface area contributed by atoms with Crippen LogP contribution in [0.15, 0.2) is 0 Å². The lowest BCUT2D eigenvalue weighted by Crippen LogP contribution is -2.37. The zero-order valence-electron chi connectivity index (χ0n) is 17.9. The zero-order chi connectivity index (χ0) is 18.5. The van der Waals surface area contributed by atoms with E-state index in [1.807, 2.05) is 0 Å². The van der Waals surface area contributed by atoms with Gasteiger partial charge in [-0.25, -0.2) is 0 Å². The van der Waals surface area contributed by atoms with E-state index < -0.39 is 0 Å². The second-order valence-electron chi connectivity index (χ2n) is 7.73. The van der Waals surface area contributed by atoms with Gasteiger partial charge in [0.05, 0.1) is 12.1 Å². The van der Waals surface area contributed by atoms with E-state index >= 15 is 0 Å². The van der Waals surface area contributed by atoms with Gasteiger partial charge in [0.1, 0.15) is 0 Å². The summed E-state index contributed by atoms with van der Waals surface area (Å²) in [5.41, 5.74) is 0. The fourth-order valence-corrected chi connectivity index (χ4v) is 3.61. The first-order valence-corrected chi connectivity index (χ1v) is 10.3. The SMILES string of the molecule is CCCC[C@@H](CC)[C@H](C#C[C@@H]([C@@H](CC)CCCC)N(C)C)N(C)C. The Morgan fingerprint density at radius 1 is 0.625 bits per heavy atom. The highest BCUT2D eigenvalue weighted by molar-refractivity contribution is 5.16. The van der Waals surface area contributed by atoms with Crippen LogP contribution >= 0.6 is 0 Å². The van der Waals surface area contributed by atoms with Crippen LogP contribution in [0.5, 0.6) is 0 Å². The first kappa shape index (κ1) is 23.5. The molecule has 0 radical (unpaired) electrons. The Balaban J connectivity index is 5.25. The molecule has 0 aromatic rings. The predicted molar refractivity (Wildman–Crippen MR) is 109 cm³/mol. The Hall–Kier alpha value is -0.520. The van der Waals surface area contributed by atoms with Gasteiger partial charge in [-0.2, -0.15) is 0 Å². The molecule has 0 aliphatic carbocycles. The summed E-state index contributed by atoms with van der Waals surface area (Å²) in [7, 11) is 8.75. The predicted octanol–water partition coefficient (Wildman–Crippen LogP) is 5.28. The molecule has 4 atom stereocenters. The van der Waals surface area contributed by atoms with Crippen molar-refractivity contribution in [1.29, 1.82) is 0 Å². The van der Waals surface area contributed by atoms with Crippen molar-refractivity contribution in [3.63, 3.8) is 0 Å². The van der Waals surface area contributed by atoms with Crippen molar-refractivity contribution in [2.75, 3.05) is 28.2 Å². The fourth-order valence-electron chi connectivity index (χ4n) is 3.61. The minimum atomic E-state index is 0.382. The third kappa shape index (κ3) is 8.54. The van der Waals surface area contributed by atoms with Gasteiger partial charge in [0.2, 0.25) is 0 Å². The van der Waals surface area contributed by atoms with E-state index in [0.717, 1.165) is 0 Å². The molecule has 0 bridgehead atoms. The third-order valence-corrected chi connectivity index (χ3v) is 5.29. The fraction of sp³-hybridized carbons (Fsp3) is 0.909. The first-order chi connectivity index (χ1) is 11.4. The maximum atomic E-state index is 3.69. The van der Waals surface area contributed by atoms with Crippen LogP contribution in [0.1, 0.15) is 79.1 Å². The molecule has 0 rings (SSSR count). The second-order valence-corrected chi connectivity index (χ2v) is 7.73. The van der Waals surface area contributed by atoms with Gasteiger partial charge < -0.3 is 0 Å². The average Bonchev–Trinajstić information content (AvgIpc) is 2.55. The zero-order valence-corrected chi connectivity index (χ0v) is 17.9. The van der Waals surface area contributed by atoms with Crippen LogP contribution < -0.4 is 0 Å². The Bertz CT molecular complexity index is 319. The maximum absolute atomic E-state index is 3.69. The molecule has 2 heteroatoms. The Kier molecular flexibility index (Phi) is 13.4. The summed E-state index contributed by atoms with van der Waals surface area (Å²) in [6.07, 6.45) is 10.2. The second kappa shape index (κ2) is 13.7. The molecule has 2 nitrogen and oxygen atoms in total. The smallest absolute Gasteiger partial charge is 0.0738 e. The van der Waals surface area contributed by atoms with Crippen LogP contribution in [-0.2, 0) is 0 Å². The molecule has 0 amide bonds. The monoisotopic (exact) mass is 336 g/mol. The van der Waals surface area contributed by atoms with Crippen molar-refractivity contribution in [3.8, 4) is 11.8 Å². The van der Waals surface area contributed by atoms with E-state index in [-0.39, 0.29) is 0 Å². The highest BCUT2D eigenvalue weighted by atomic mass is 15.1. The average molecular weight is 337 g/mol. The van der Waals surface area contributed by atoms with Crippen molar-refractivity contribution in [3.05, 3.63) is 0 Å². The van der Waals surface area contributed by atoms with E-state index in [9.17, 15) is 0 Å². The standard InChI is InChI=1S/C22H44N2/c1-9-13-15-19(11-3)21(23(5)6)17-18-22(24(7)8)20(12-4)16-14-10-2/h19-22H,9-16H2,1-8H3/t19-,20+,21-,22-/m0/s1. The van der Waals surface area contributed by atoms with Gasteiger partial charge in [-0.1, -0.05) is 78.1 Å². The van der Waals surface area contributed by atoms with Crippen molar-refractivity contribution in [2.24, 2.45) is 11.8 Å². The molecule has 0 aliphatic heterocycles. The van der Waals surface area contributed by atoms with Gasteiger partial charge >= 0.3 is 0 Å². The highest BCUT2D eigenvalue weighted by Crippen LogP contribution is 2.22. The lowest BCUT2D eigenvalue weighted by Gasteiger charge is -2.30. The third-order valence-electron chi connectivity index (χ3n) is 5.29. The molecule has 0 aromatic heterocycles. The molecule has 0 heterocycles. The van der Waals surface area contributed by atoms with Gasteiger partial charge in [-0.05, 0) is 52.9 Å². The molecule has 0 aliphatic rings. The number of hydrogen-bond acceptors (Lipinski definition) is 2. The molecule has 0 saturated carbocycles. The van der Waals surface area contributed by atoms with Gasteiger partial charge in [0.15, 0.2) is 0 Å². The van der Waals surface area contributed by atoms with E-state index in [1.165, 1.54) is 51.4 Å². The summed E-state index contributed by atoms with van der Waals surface area (Å²) < 4.78 is 0. The van der Waals surface area contributed by atoms with Crippen molar-refractivity contribution >= 4 is 0 Å². The summed E-state index contributed by atoms with van der Waals surface area (Å²) in [5.74, 6) is 8.74. The number of rotatable bonds is 12. The van der Waals surface area contributed by atoms with E-state index in [2.05, 4.69) is 77.5 Å². The first-order valence-electron chi connectivity index (χ1n) is 10.3. The molecular formula is C22H44N2. The summed E-state index contributed by atoms with van der Waals surface area (Å²) in [6, 6.07) is 0.764. The van der Waals surface area contributed by atoms with Crippen molar-refractivity contribution in [2.45, 2.75) is 91.1 Å². The number of hydrogen-bond donors (Lipinski definition) is 0. The topological polar surface area (TPSA) is 6.48 Å². The molecule has 0 aromatic carbocycles. The van der Waals surface area contributed by atoms with Crippen LogP contribution in [0, 0.1) is 23.7 Å². The molecular weight excluding hydrogens is 292 g/mol. The normalized spacial score (nSPS) is 16.6. The molecule has 24 heavy (non-hydrogen) atoms. The lowest BCUT2D eigenvalue weighted by molar-refractivity contribution is 0.234. The van der Waals surface area contributed by atoms with Crippen LogP contribution in [0.4, 0.5) is 0 Å². The van der Waals surface area contributed by atoms with Crippen LogP contribution in [0.2, 0.25) is 0 Å². The van der Waals surface area contributed by atoms with Gasteiger partial charge in [-0.15, -0.1) is 0 Å². The molecule has 0 unspecified atom stereocenters.